The molecule has 0 bridgehead atoms. The van der Waals surface area contributed by atoms with Gasteiger partial charge in [0.1, 0.15) is 18.3 Å². The van der Waals surface area contributed by atoms with E-state index in [1.54, 1.807) is 0 Å². The van der Waals surface area contributed by atoms with E-state index in [9.17, 15) is 43.1 Å². The number of hydrogen-bond acceptors (Lipinski definition) is 14. The van der Waals surface area contributed by atoms with Crippen molar-refractivity contribution in [3.05, 3.63) is 23.0 Å². The second-order valence-electron chi connectivity index (χ2n) is 6.54. The number of phosphoric ester groups is 1. The molecule has 200 valence electrons. The van der Waals surface area contributed by atoms with Crippen molar-refractivity contribution < 1.29 is 106 Å². The molecule has 0 radical (unpaired) electrons. The summed E-state index contributed by atoms with van der Waals surface area (Å²) < 4.78 is 66.7. The molecule has 1 saturated heterocycles. The number of aromatic nitrogens is 4. The molecule has 3 unspecified atom stereocenters. The van der Waals surface area contributed by atoms with Gasteiger partial charge in [-0.05, 0) is 0 Å². The average molecular weight is 612 g/mol. The Bertz CT molecular complexity index is 1350. The van der Waals surface area contributed by atoms with E-state index < -0.39 is 68.0 Å². The molecule has 1 aliphatic rings. The third-order valence-corrected chi connectivity index (χ3v) is 9.45. The molecule has 2 aromatic heterocycles. The molecule has 3 rings (SSSR count). The maximum atomic E-state index is 11.9. The smallest absolute Gasteiger partial charge is 1.00 e. The molecule has 0 aromatic carbocycles. The number of phosphoric acid groups is 4. The molecular weight excluding hydrogens is 595 g/mol. The summed E-state index contributed by atoms with van der Waals surface area (Å²) in [7, 11) is -23.3. The molecule has 21 nitrogen and oxygen atoms in total. The molecular formula is C10H17N4NaO17P4. The van der Waals surface area contributed by atoms with Crippen LogP contribution in [0, 0.1) is 0 Å². The van der Waals surface area contributed by atoms with Gasteiger partial charge in [0.2, 0.25) is 0 Å². The Morgan fingerprint density at radius 1 is 0.972 bits per heavy atom. The minimum atomic E-state index is -6.02. The number of nitrogens with one attached hydrogen (secondary N) is 1. The fourth-order valence-corrected chi connectivity index (χ4v) is 7.22. The number of hydrogen-bond donors (Lipinski definition) is 8. The average Bonchev–Trinajstić information content (AvgIpc) is 3.19. The fourth-order valence-electron chi connectivity index (χ4n) is 2.76. The molecule has 1 fully saturated rings. The van der Waals surface area contributed by atoms with Crippen LogP contribution in [0.1, 0.15) is 7.65 Å². The van der Waals surface area contributed by atoms with Crippen LogP contribution in [0.4, 0.5) is 0 Å². The van der Waals surface area contributed by atoms with Gasteiger partial charge in [0.25, 0.3) is 5.56 Å². The number of rotatable bonds is 10. The molecule has 7 atom stereocenters. The second kappa shape index (κ2) is 11.5. The summed E-state index contributed by atoms with van der Waals surface area (Å²) >= 11 is 0. The zero-order chi connectivity index (χ0) is 26.4. The van der Waals surface area contributed by atoms with Gasteiger partial charge >= 0.3 is 60.8 Å². The molecule has 1 aliphatic heterocycles. The van der Waals surface area contributed by atoms with E-state index in [0.717, 1.165) is 17.2 Å². The van der Waals surface area contributed by atoms with Crippen molar-refractivity contribution in [3.8, 4) is 0 Å². The van der Waals surface area contributed by atoms with Gasteiger partial charge in [-0.15, -0.1) is 0 Å². The van der Waals surface area contributed by atoms with Crippen molar-refractivity contribution in [2.45, 2.75) is 24.5 Å². The fraction of sp³-hybridized carbons (Fsp3) is 0.500. The molecule has 36 heavy (non-hydrogen) atoms. The largest absolute Gasteiger partial charge is 1.00 e. The number of fused-ring (bicyclic) bond motifs is 1. The Balaban J connectivity index is 0.00000342. The van der Waals surface area contributed by atoms with E-state index in [0.29, 0.717) is 0 Å². The first-order valence-corrected chi connectivity index (χ1v) is 14.7. The SMILES string of the molecule is O=c1[nH]cnc2c1ncn2[C@@H]1O[C@H](COP(=O)(O)OP(=O)(O)OP(=O)(O)OP(=O)(O)O)[C@@H](O)[C@H]1O.[H-].[Na+]. The quantitative estimate of drug-likeness (QED) is 0.0923. The van der Waals surface area contributed by atoms with Crippen molar-refractivity contribution in [2.24, 2.45) is 0 Å². The number of H-pyrrole nitrogens is 1. The number of ether oxygens (including phenoxy) is 1. The normalized spacial score (nSPS) is 27.6. The van der Waals surface area contributed by atoms with Gasteiger partial charge < -0.3 is 45.8 Å². The van der Waals surface area contributed by atoms with E-state index in [2.05, 4.69) is 32.4 Å². The van der Waals surface area contributed by atoms with Crippen molar-refractivity contribution in [1.82, 2.24) is 19.5 Å². The summed E-state index contributed by atoms with van der Waals surface area (Å²) in [5.74, 6) is 0. The van der Waals surface area contributed by atoms with E-state index in [1.807, 2.05) is 0 Å². The number of aliphatic hydroxyl groups excluding tert-OH is 2. The zero-order valence-electron chi connectivity index (χ0n) is 18.5. The van der Waals surface area contributed by atoms with E-state index in [1.165, 1.54) is 0 Å². The Labute approximate surface area is 221 Å². The van der Waals surface area contributed by atoms with Gasteiger partial charge in [-0.3, -0.25) is 13.9 Å². The Hall–Kier alpha value is -0.210. The molecule has 26 heteroatoms. The minimum Gasteiger partial charge on any atom is -1.00 e. The first kappa shape index (κ1) is 32.0. The molecule has 0 aliphatic carbocycles. The predicted octanol–water partition coefficient (Wildman–Crippen LogP) is -4.68. The minimum absolute atomic E-state index is 0. The van der Waals surface area contributed by atoms with Crippen LogP contribution in [0.3, 0.4) is 0 Å². The van der Waals surface area contributed by atoms with E-state index in [-0.39, 0.29) is 42.1 Å². The van der Waals surface area contributed by atoms with Crippen LogP contribution in [-0.2, 0) is 40.5 Å². The molecule has 8 N–H and O–H groups in total. The van der Waals surface area contributed by atoms with Gasteiger partial charge in [-0.25, -0.2) is 28.2 Å². The van der Waals surface area contributed by atoms with Crippen LogP contribution in [-0.4, -0.2) is 79.1 Å². The van der Waals surface area contributed by atoms with Crippen molar-refractivity contribution in [2.75, 3.05) is 6.61 Å². The summed E-state index contributed by atoms with van der Waals surface area (Å²) in [5.41, 5.74) is -0.797. The van der Waals surface area contributed by atoms with Crippen LogP contribution in [0.5, 0.6) is 0 Å². The summed E-state index contributed by atoms with van der Waals surface area (Å²) in [4.78, 5) is 66.5. The summed E-state index contributed by atoms with van der Waals surface area (Å²) in [6.45, 7) is -1.08. The Morgan fingerprint density at radius 2 is 1.56 bits per heavy atom. The molecule has 2 aromatic rings. The van der Waals surface area contributed by atoms with E-state index >= 15 is 0 Å². The second-order valence-corrected chi connectivity index (χ2v) is 12.5. The maximum Gasteiger partial charge on any atom is 1.00 e. The molecule has 0 spiro atoms. The summed E-state index contributed by atoms with van der Waals surface area (Å²) in [5, 5.41) is 20.4. The Morgan fingerprint density at radius 3 is 2.17 bits per heavy atom. The summed E-state index contributed by atoms with van der Waals surface area (Å²) in [6.07, 6.45) is -4.41. The van der Waals surface area contributed by atoms with Crippen LogP contribution in [0.2, 0.25) is 0 Å². The van der Waals surface area contributed by atoms with Gasteiger partial charge in [0.05, 0.1) is 19.3 Å². The molecule has 0 amide bonds. The van der Waals surface area contributed by atoms with Gasteiger partial charge in [-0.1, -0.05) is 0 Å². The number of aliphatic hydroxyl groups is 2. The standard InChI is InChI=1S/C10H16N4O17P4.Na.H/c15-6-4(28-10(7(6)16)14-3-13-5-8(14)11-2-12-9(5)17)1-27-33(21,22)30-35(25,26)31-34(23,24)29-32(18,19)20;;/h2-4,6-7,10,15-16H,1H2,(H,21,22)(H,23,24)(H,25,26)(H,11,12,17)(H2,18,19,20);;/q;+1;-1/t4-,6-,7-,10-;;/m1../s1. The van der Waals surface area contributed by atoms with Gasteiger partial charge in [0.15, 0.2) is 17.4 Å². The number of nitrogens with zero attached hydrogens (tertiary/aromatic N) is 3. The molecule has 0 saturated carbocycles. The van der Waals surface area contributed by atoms with Crippen molar-refractivity contribution in [3.63, 3.8) is 0 Å². The van der Waals surface area contributed by atoms with Gasteiger partial charge in [-0.2, -0.15) is 12.9 Å². The zero-order valence-corrected chi connectivity index (χ0v) is 23.1. The van der Waals surface area contributed by atoms with Crippen LogP contribution in [0.25, 0.3) is 11.2 Å². The van der Waals surface area contributed by atoms with Crippen LogP contribution >= 0.6 is 31.3 Å². The molecule has 3 heterocycles. The summed E-state index contributed by atoms with van der Waals surface area (Å²) in [6, 6.07) is 0. The van der Waals surface area contributed by atoms with Crippen molar-refractivity contribution in [1.29, 1.82) is 0 Å². The first-order valence-electron chi connectivity index (χ1n) is 8.64. The maximum absolute atomic E-state index is 11.9. The van der Waals surface area contributed by atoms with Crippen molar-refractivity contribution >= 4 is 42.5 Å². The first-order chi connectivity index (χ1) is 15.9. The third kappa shape index (κ3) is 8.14. The Kier molecular flexibility index (Phi) is 10.2. The van der Waals surface area contributed by atoms with Crippen LogP contribution in [0.15, 0.2) is 17.4 Å². The predicted molar refractivity (Wildman–Crippen MR) is 106 cm³/mol. The van der Waals surface area contributed by atoms with Crippen LogP contribution < -0.4 is 35.1 Å². The topological polar surface area (TPSA) is 320 Å². The number of aromatic amines is 1. The van der Waals surface area contributed by atoms with E-state index in [4.69, 9.17) is 19.4 Å². The monoisotopic (exact) mass is 612 g/mol. The van der Waals surface area contributed by atoms with Gasteiger partial charge in [0, 0.05) is 0 Å². The third-order valence-electron chi connectivity index (χ3n) is 4.00. The number of imidazole rings is 1.